The van der Waals surface area contributed by atoms with Gasteiger partial charge in [-0.1, -0.05) is 6.07 Å². The first kappa shape index (κ1) is 13.1. The lowest BCUT2D eigenvalue weighted by molar-refractivity contribution is 0.401. The van der Waals surface area contributed by atoms with Crippen LogP contribution in [0.2, 0.25) is 0 Å². The van der Waals surface area contributed by atoms with Crippen LogP contribution in [-0.2, 0) is 0 Å². The van der Waals surface area contributed by atoms with Gasteiger partial charge in [-0.3, -0.25) is 4.57 Å². The predicted molar refractivity (Wildman–Crippen MR) is 82.4 cm³/mol. The van der Waals surface area contributed by atoms with Gasteiger partial charge in [-0.05, 0) is 36.7 Å². The number of rotatable bonds is 3. The van der Waals surface area contributed by atoms with E-state index in [0.717, 1.165) is 5.69 Å². The highest BCUT2D eigenvalue weighted by atomic mass is 32.2. The van der Waals surface area contributed by atoms with Gasteiger partial charge in [0.15, 0.2) is 10.4 Å². The molecule has 0 saturated carbocycles. The van der Waals surface area contributed by atoms with Crippen LogP contribution in [0.5, 0.6) is 5.88 Å². The Morgan fingerprint density at radius 1 is 1.35 bits per heavy atom. The molecule has 1 N–H and O–H groups in total. The van der Waals surface area contributed by atoms with Crippen molar-refractivity contribution in [2.45, 2.75) is 4.90 Å². The molecule has 0 radical (unpaired) electrons. The Hall–Kier alpha value is -1.86. The zero-order chi connectivity index (χ0) is 14.1. The molecular formula is C13H12N4OS2. The summed E-state index contributed by atoms with van der Waals surface area (Å²) in [6, 6.07) is 8.13. The molecular weight excluding hydrogens is 292 g/mol. The van der Waals surface area contributed by atoms with Gasteiger partial charge < -0.3 is 9.72 Å². The maximum absolute atomic E-state index is 5.40. The highest BCUT2D eigenvalue weighted by molar-refractivity contribution is 7.98. The van der Waals surface area contributed by atoms with E-state index in [1.54, 1.807) is 18.9 Å². The summed E-state index contributed by atoms with van der Waals surface area (Å²) in [6.45, 7) is 0. The van der Waals surface area contributed by atoms with E-state index in [4.69, 9.17) is 17.0 Å². The van der Waals surface area contributed by atoms with E-state index >= 15 is 0 Å². The molecule has 0 spiro atoms. The number of thioether (sulfide) groups is 1. The number of fused-ring (bicyclic) bond motifs is 1. The normalized spacial score (nSPS) is 10.9. The van der Waals surface area contributed by atoms with Crippen molar-refractivity contribution in [2.75, 3.05) is 13.4 Å². The molecule has 0 aliphatic rings. The zero-order valence-electron chi connectivity index (χ0n) is 11.0. The minimum absolute atomic E-state index is 0.487. The van der Waals surface area contributed by atoms with Gasteiger partial charge >= 0.3 is 0 Å². The van der Waals surface area contributed by atoms with Crippen molar-refractivity contribution in [3.05, 3.63) is 35.4 Å². The third-order valence-electron chi connectivity index (χ3n) is 2.94. The Kier molecular flexibility index (Phi) is 3.45. The standard InChI is InChI=1S/C13H12N4OS2/c1-18-12-10-11(14-7-15-12)17(13(19)16-10)8-4-3-5-9(6-8)20-2/h3-7H,1-2H3,(H,16,19). The van der Waals surface area contributed by atoms with Gasteiger partial charge in [-0.2, -0.15) is 4.98 Å². The van der Waals surface area contributed by atoms with Crippen LogP contribution in [-0.4, -0.2) is 32.9 Å². The quantitative estimate of drug-likeness (QED) is 0.595. The Bertz CT molecular complexity index is 825. The molecule has 2 aromatic heterocycles. The predicted octanol–water partition coefficient (Wildman–Crippen LogP) is 3.21. The summed E-state index contributed by atoms with van der Waals surface area (Å²) in [7, 11) is 1.57. The maximum Gasteiger partial charge on any atom is 0.242 e. The van der Waals surface area contributed by atoms with Gasteiger partial charge in [-0.15, -0.1) is 11.8 Å². The molecule has 0 aliphatic carbocycles. The van der Waals surface area contributed by atoms with Crippen LogP contribution in [0.3, 0.4) is 0 Å². The SMILES string of the molecule is COc1ncnc2c1[nH]c(=S)n2-c1cccc(SC)c1. The van der Waals surface area contributed by atoms with Crippen molar-refractivity contribution in [2.24, 2.45) is 0 Å². The number of hydrogen-bond donors (Lipinski definition) is 1. The Balaban J connectivity index is 2.31. The van der Waals surface area contributed by atoms with Crippen LogP contribution in [0, 0.1) is 4.77 Å². The van der Waals surface area contributed by atoms with Crippen LogP contribution >= 0.6 is 24.0 Å². The van der Waals surface area contributed by atoms with E-state index in [-0.39, 0.29) is 0 Å². The fourth-order valence-electron chi connectivity index (χ4n) is 2.04. The first-order valence-corrected chi connectivity index (χ1v) is 7.52. The summed E-state index contributed by atoms with van der Waals surface area (Å²) in [5, 5.41) is 0. The number of nitrogens with one attached hydrogen (secondary N) is 1. The summed E-state index contributed by atoms with van der Waals surface area (Å²) in [6.07, 6.45) is 3.51. The number of aromatic nitrogens is 4. The second-order valence-corrected chi connectivity index (χ2v) is 5.31. The van der Waals surface area contributed by atoms with Gasteiger partial charge in [-0.25, -0.2) is 4.98 Å². The molecule has 3 aromatic rings. The summed E-state index contributed by atoms with van der Waals surface area (Å²) < 4.78 is 7.68. The number of imidazole rings is 1. The molecule has 5 nitrogen and oxygen atoms in total. The van der Waals surface area contributed by atoms with Gasteiger partial charge in [0.05, 0.1) is 12.8 Å². The molecule has 20 heavy (non-hydrogen) atoms. The first-order valence-electron chi connectivity index (χ1n) is 5.88. The molecule has 3 rings (SSSR count). The van der Waals surface area contributed by atoms with Gasteiger partial charge in [0.2, 0.25) is 5.88 Å². The van der Waals surface area contributed by atoms with Crippen LogP contribution < -0.4 is 4.74 Å². The van der Waals surface area contributed by atoms with Crippen LogP contribution in [0.15, 0.2) is 35.5 Å². The van der Waals surface area contributed by atoms with Crippen molar-refractivity contribution in [3.63, 3.8) is 0 Å². The van der Waals surface area contributed by atoms with E-state index in [1.807, 2.05) is 23.0 Å². The van der Waals surface area contributed by atoms with E-state index in [2.05, 4.69) is 27.1 Å². The Labute approximate surface area is 125 Å². The molecule has 0 saturated heterocycles. The van der Waals surface area contributed by atoms with Gasteiger partial charge in [0, 0.05) is 4.90 Å². The minimum Gasteiger partial charge on any atom is -0.479 e. The lowest BCUT2D eigenvalue weighted by atomic mass is 10.3. The Morgan fingerprint density at radius 3 is 2.95 bits per heavy atom. The highest BCUT2D eigenvalue weighted by Crippen LogP contribution is 2.25. The number of hydrogen-bond acceptors (Lipinski definition) is 5. The third-order valence-corrected chi connectivity index (χ3v) is 3.95. The third kappa shape index (κ3) is 2.08. The van der Waals surface area contributed by atoms with E-state index in [1.165, 1.54) is 11.2 Å². The van der Waals surface area contributed by atoms with Crippen LogP contribution in [0.1, 0.15) is 0 Å². The number of benzene rings is 1. The Morgan fingerprint density at radius 2 is 2.20 bits per heavy atom. The van der Waals surface area contributed by atoms with Crippen molar-refractivity contribution in [3.8, 4) is 11.6 Å². The number of H-pyrrole nitrogens is 1. The highest BCUT2D eigenvalue weighted by Gasteiger charge is 2.12. The van der Waals surface area contributed by atoms with Crippen LogP contribution in [0.25, 0.3) is 16.9 Å². The average molecular weight is 304 g/mol. The molecule has 7 heteroatoms. The largest absolute Gasteiger partial charge is 0.479 e. The van der Waals surface area contributed by atoms with E-state index in [0.29, 0.717) is 21.8 Å². The lowest BCUT2D eigenvalue weighted by Gasteiger charge is -2.05. The molecule has 2 heterocycles. The van der Waals surface area contributed by atoms with Crippen molar-refractivity contribution in [1.29, 1.82) is 0 Å². The molecule has 102 valence electrons. The molecule has 1 aromatic carbocycles. The maximum atomic E-state index is 5.40. The summed E-state index contributed by atoms with van der Waals surface area (Å²) in [5.74, 6) is 0.487. The van der Waals surface area contributed by atoms with E-state index < -0.39 is 0 Å². The number of aromatic amines is 1. The second-order valence-electron chi connectivity index (χ2n) is 4.05. The summed E-state index contributed by atoms with van der Waals surface area (Å²) in [4.78, 5) is 12.7. The van der Waals surface area contributed by atoms with Crippen molar-refractivity contribution in [1.82, 2.24) is 19.5 Å². The van der Waals surface area contributed by atoms with Gasteiger partial charge in [0.25, 0.3) is 0 Å². The van der Waals surface area contributed by atoms with Crippen molar-refractivity contribution < 1.29 is 4.74 Å². The zero-order valence-corrected chi connectivity index (χ0v) is 12.6. The summed E-state index contributed by atoms with van der Waals surface area (Å²) >= 11 is 7.08. The molecule has 0 aliphatic heterocycles. The number of ether oxygens (including phenoxy) is 1. The molecule has 0 fully saturated rings. The van der Waals surface area contributed by atoms with Crippen LogP contribution in [0.4, 0.5) is 0 Å². The monoisotopic (exact) mass is 304 g/mol. The topological polar surface area (TPSA) is 55.7 Å². The minimum atomic E-state index is 0.487. The lowest BCUT2D eigenvalue weighted by Crippen LogP contribution is -1.97. The van der Waals surface area contributed by atoms with Gasteiger partial charge in [0.1, 0.15) is 11.8 Å². The van der Waals surface area contributed by atoms with Crippen molar-refractivity contribution >= 4 is 35.1 Å². The average Bonchev–Trinajstić information content (AvgIpc) is 2.83. The van der Waals surface area contributed by atoms with E-state index in [9.17, 15) is 0 Å². The molecule has 0 atom stereocenters. The summed E-state index contributed by atoms with van der Waals surface area (Å²) in [5.41, 5.74) is 2.38. The first-order chi connectivity index (χ1) is 9.74. The number of nitrogens with zero attached hydrogens (tertiary/aromatic N) is 3. The molecule has 0 bridgehead atoms. The fourth-order valence-corrected chi connectivity index (χ4v) is 2.79. The fraction of sp³-hybridized carbons (Fsp3) is 0.154. The molecule has 0 unspecified atom stereocenters. The molecule has 0 amide bonds. The second kappa shape index (κ2) is 5.26. The smallest absolute Gasteiger partial charge is 0.242 e. The number of methoxy groups -OCH3 is 1.